The molecule has 2 rings (SSSR count). The minimum atomic E-state index is 0.998. The predicted octanol–water partition coefficient (Wildman–Crippen LogP) is 2.92. The molecule has 0 saturated carbocycles. The van der Waals surface area contributed by atoms with Crippen LogP contribution in [0.3, 0.4) is 0 Å². The monoisotopic (exact) mass is 235 g/mol. The van der Waals surface area contributed by atoms with E-state index in [9.17, 15) is 0 Å². The number of likely N-dealkylation sites (tertiary alicyclic amines) is 1. The zero-order valence-corrected chi connectivity index (χ0v) is 11.4. The Bertz CT molecular complexity index is 306. The molecule has 17 heavy (non-hydrogen) atoms. The number of hydrogen-bond donors (Lipinski definition) is 1. The Morgan fingerprint density at radius 2 is 2.00 bits per heavy atom. The molecule has 0 unspecified atom stereocenters. The predicted molar refractivity (Wildman–Crippen MR) is 74.5 cm³/mol. The van der Waals surface area contributed by atoms with Gasteiger partial charge in [0.25, 0.3) is 0 Å². The summed E-state index contributed by atoms with van der Waals surface area (Å²) in [5, 5.41) is 3.39. The minimum Gasteiger partial charge on any atom is -0.369 e. The molecule has 0 atom stereocenters. The second-order valence-electron chi connectivity index (χ2n) is 4.14. The lowest BCUT2D eigenvalue weighted by Crippen LogP contribution is -2.26. The normalized spacial score (nSPS) is 15.2. The second-order valence-corrected chi connectivity index (χ2v) is 4.14. The van der Waals surface area contributed by atoms with Crippen LogP contribution < -0.4 is 5.32 Å². The molecule has 1 aliphatic heterocycles. The van der Waals surface area contributed by atoms with Crippen molar-refractivity contribution in [3.63, 3.8) is 0 Å². The van der Waals surface area contributed by atoms with Gasteiger partial charge in [-0.3, -0.25) is 0 Å². The maximum absolute atomic E-state index is 4.31. The Balaban J connectivity index is 0.000000686. The van der Waals surface area contributed by atoms with E-state index in [-0.39, 0.29) is 0 Å². The van der Waals surface area contributed by atoms with Crippen LogP contribution in [-0.4, -0.2) is 36.1 Å². The molecule has 3 heteroatoms. The molecule has 0 bridgehead atoms. The number of nitrogens with one attached hydrogen (secondary N) is 1. The summed E-state index contributed by atoms with van der Waals surface area (Å²) >= 11 is 0. The quantitative estimate of drug-likeness (QED) is 0.869. The van der Waals surface area contributed by atoms with Crippen molar-refractivity contribution in [2.45, 2.75) is 33.6 Å². The Morgan fingerprint density at radius 3 is 2.65 bits per heavy atom. The first kappa shape index (κ1) is 14.0. The molecule has 0 amide bonds. The molecule has 1 aromatic rings. The van der Waals surface area contributed by atoms with Gasteiger partial charge in [-0.1, -0.05) is 19.9 Å². The van der Waals surface area contributed by atoms with E-state index in [1.165, 1.54) is 31.5 Å². The van der Waals surface area contributed by atoms with Gasteiger partial charge in [0.05, 0.1) is 0 Å². The first-order valence-electron chi connectivity index (χ1n) is 6.74. The first-order chi connectivity index (χ1) is 8.36. The lowest BCUT2D eigenvalue weighted by Gasteiger charge is -2.15. The van der Waals surface area contributed by atoms with Gasteiger partial charge in [-0.15, -0.1) is 0 Å². The van der Waals surface area contributed by atoms with Gasteiger partial charge in [-0.2, -0.15) is 0 Å². The maximum atomic E-state index is 4.31. The van der Waals surface area contributed by atoms with Crippen LogP contribution in [0.5, 0.6) is 0 Å². The standard InChI is InChI=1S/C12H19N3.C2H6/c1-11-5-4-6-13-12(11)14-7-10-15-8-2-3-9-15;1-2/h4-6H,2-3,7-10H2,1H3,(H,13,14);1-2H3. The summed E-state index contributed by atoms with van der Waals surface area (Å²) in [6, 6.07) is 4.06. The molecule has 0 aromatic carbocycles. The third-order valence-electron chi connectivity index (χ3n) is 2.93. The lowest BCUT2D eigenvalue weighted by atomic mass is 10.3. The number of aromatic nitrogens is 1. The van der Waals surface area contributed by atoms with E-state index < -0.39 is 0 Å². The van der Waals surface area contributed by atoms with Crippen molar-refractivity contribution in [2.75, 3.05) is 31.5 Å². The highest BCUT2D eigenvalue weighted by molar-refractivity contribution is 5.42. The van der Waals surface area contributed by atoms with Gasteiger partial charge >= 0.3 is 0 Å². The zero-order chi connectivity index (χ0) is 12.5. The third kappa shape index (κ3) is 4.73. The highest BCUT2D eigenvalue weighted by Gasteiger charge is 2.10. The number of aryl methyl sites for hydroxylation is 1. The van der Waals surface area contributed by atoms with Crippen LogP contribution >= 0.6 is 0 Å². The largest absolute Gasteiger partial charge is 0.369 e. The van der Waals surface area contributed by atoms with Crippen LogP contribution in [0, 0.1) is 6.92 Å². The van der Waals surface area contributed by atoms with Crippen molar-refractivity contribution in [1.82, 2.24) is 9.88 Å². The van der Waals surface area contributed by atoms with Gasteiger partial charge < -0.3 is 10.2 Å². The fourth-order valence-corrected chi connectivity index (χ4v) is 2.01. The van der Waals surface area contributed by atoms with Gasteiger partial charge in [0.15, 0.2) is 0 Å². The van der Waals surface area contributed by atoms with E-state index in [2.05, 4.69) is 28.2 Å². The maximum Gasteiger partial charge on any atom is 0.128 e. The van der Waals surface area contributed by atoms with E-state index in [0.29, 0.717) is 0 Å². The molecule has 3 nitrogen and oxygen atoms in total. The van der Waals surface area contributed by atoms with Gasteiger partial charge in [0.1, 0.15) is 5.82 Å². The Kier molecular flexibility index (Phi) is 6.63. The number of pyridine rings is 1. The van der Waals surface area contributed by atoms with E-state index in [4.69, 9.17) is 0 Å². The number of nitrogens with zero attached hydrogens (tertiary/aromatic N) is 2. The van der Waals surface area contributed by atoms with Crippen molar-refractivity contribution in [3.05, 3.63) is 23.9 Å². The van der Waals surface area contributed by atoms with Gasteiger partial charge in [-0.25, -0.2) is 4.98 Å². The molecule has 96 valence electrons. The highest BCUT2D eigenvalue weighted by Crippen LogP contribution is 2.09. The van der Waals surface area contributed by atoms with E-state index in [1.54, 1.807) is 0 Å². The van der Waals surface area contributed by atoms with E-state index >= 15 is 0 Å². The fraction of sp³-hybridized carbons (Fsp3) is 0.643. The third-order valence-corrected chi connectivity index (χ3v) is 2.93. The highest BCUT2D eigenvalue weighted by atomic mass is 15.2. The molecule has 1 N–H and O–H groups in total. The summed E-state index contributed by atoms with van der Waals surface area (Å²) in [6.45, 7) is 10.8. The summed E-state index contributed by atoms with van der Waals surface area (Å²) in [5.41, 5.74) is 1.22. The second kappa shape index (κ2) is 8.07. The van der Waals surface area contributed by atoms with Crippen molar-refractivity contribution in [2.24, 2.45) is 0 Å². The van der Waals surface area contributed by atoms with Crippen molar-refractivity contribution < 1.29 is 0 Å². The summed E-state index contributed by atoms with van der Waals surface area (Å²) in [5.74, 6) is 1.02. The minimum absolute atomic E-state index is 0.998. The molecular weight excluding hydrogens is 210 g/mol. The Hall–Kier alpha value is -1.09. The van der Waals surface area contributed by atoms with Crippen LogP contribution in [0.25, 0.3) is 0 Å². The molecule has 1 aromatic heterocycles. The number of rotatable bonds is 4. The van der Waals surface area contributed by atoms with E-state index in [0.717, 1.165) is 18.9 Å². The Morgan fingerprint density at radius 1 is 1.29 bits per heavy atom. The molecule has 0 aliphatic carbocycles. The van der Waals surface area contributed by atoms with E-state index in [1.807, 2.05) is 26.1 Å². The van der Waals surface area contributed by atoms with Crippen molar-refractivity contribution >= 4 is 5.82 Å². The molecule has 2 heterocycles. The summed E-state index contributed by atoms with van der Waals surface area (Å²) < 4.78 is 0. The van der Waals surface area contributed by atoms with Crippen LogP contribution in [-0.2, 0) is 0 Å². The van der Waals surface area contributed by atoms with Crippen LogP contribution in [0.2, 0.25) is 0 Å². The molecular formula is C14H25N3. The Labute approximate surface area is 105 Å². The summed E-state index contributed by atoms with van der Waals surface area (Å²) in [4.78, 5) is 6.82. The molecule has 0 spiro atoms. The van der Waals surface area contributed by atoms with Crippen molar-refractivity contribution in [1.29, 1.82) is 0 Å². The lowest BCUT2D eigenvalue weighted by molar-refractivity contribution is 0.352. The number of anilines is 1. The number of hydrogen-bond acceptors (Lipinski definition) is 3. The first-order valence-corrected chi connectivity index (χ1v) is 6.74. The van der Waals surface area contributed by atoms with Gasteiger partial charge in [0.2, 0.25) is 0 Å². The average Bonchev–Trinajstić information content (AvgIpc) is 2.87. The van der Waals surface area contributed by atoms with Crippen LogP contribution in [0.15, 0.2) is 18.3 Å². The van der Waals surface area contributed by atoms with Crippen LogP contribution in [0.1, 0.15) is 32.3 Å². The smallest absolute Gasteiger partial charge is 0.128 e. The van der Waals surface area contributed by atoms with Gasteiger partial charge in [-0.05, 0) is 44.5 Å². The molecule has 1 saturated heterocycles. The SMILES string of the molecule is CC.Cc1cccnc1NCCN1CCCC1. The van der Waals surface area contributed by atoms with Crippen LogP contribution in [0.4, 0.5) is 5.82 Å². The molecule has 1 aliphatic rings. The topological polar surface area (TPSA) is 28.2 Å². The van der Waals surface area contributed by atoms with Gasteiger partial charge in [0, 0.05) is 19.3 Å². The molecule has 1 fully saturated rings. The summed E-state index contributed by atoms with van der Waals surface area (Å²) in [7, 11) is 0. The summed E-state index contributed by atoms with van der Waals surface area (Å²) in [6.07, 6.45) is 4.57. The van der Waals surface area contributed by atoms with Crippen molar-refractivity contribution in [3.8, 4) is 0 Å². The average molecular weight is 235 g/mol. The zero-order valence-electron chi connectivity index (χ0n) is 11.4. The fourth-order valence-electron chi connectivity index (χ4n) is 2.01. The molecule has 0 radical (unpaired) electrons.